The summed E-state index contributed by atoms with van der Waals surface area (Å²) in [7, 11) is 1.62. The highest BCUT2D eigenvalue weighted by Gasteiger charge is 2.18. The van der Waals surface area contributed by atoms with Gasteiger partial charge in [0.2, 0.25) is 0 Å². The van der Waals surface area contributed by atoms with E-state index >= 15 is 0 Å². The Bertz CT molecular complexity index is 376. The van der Waals surface area contributed by atoms with Gasteiger partial charge in [0.05, 0.1) is 12.1 Å². The van der Waals surface area contributed by atoms with Crippen LogP contribution in [0.1, 0.15) is 12.0 Å². The Kier molecular flexibility index (Phi) is 3.56. The van der Waals surface area contributed by atoms with Crippen LogP contribution in [0.15, 0.2) is 12.1 Å². The van der Waals surface area contributed by atoms with Crippen molar-refractivity contribution in [3.05, 3.63) is 22.7 Å². The van der Waals surface area contributed by atoms with Crippen LogP contribution in [0.3, 0.4) is 0 Å². The van der Waals surface area contributed by atoms with E-state index in [1.807, 2.05) is 19.1 Å². The number of rotatable bonds is 3. The highest BCUT2D eigenvalue weighted by molar-refractivity contribution is 6.32. The van der Waals surface area contributed by atoms with Crippen LogP contribution in [-0.2, 0) is 0 Å². The number of nitrogens with one attached hydrogen (secondary N) is 1. The Balaban J connectivity index is 2.20. The van der Waals surface area contributed by atoms with Crippen molar-refractivity contribution in [1.82, 2.24) is 5.32 Å². The standard InChI is InChI=1S/C12H16ClNO2/c1-8-11(16-9-5-6-14-7-9)4-3-10(13)12(8)15-2/h3-4,9,14H,5-7H2,1-2H3. The predicted molar refractivity (Wildman–Crippen MR) is 64.6 cm³/mol. The molecule has 0 amide bonds. The van der Waals surface area contributed by atoms with E-state index in [4.69, 9.17) is 21.1 Å². The maximum absolute atomic E-state index is 6.03. The highest BCUT2D eigenvalue weighted by Crippen LogP contribution is 2.35. The molecule has 1 N–H and O–H groups in total. The number of methoxy groups -OCH3 is 1. The monoisotopic (exact) mass is 241 g/mol. The summed E-state index contributed by atoms with van der Waals surface area (Å²) in [6.07, 6.45) is 1.30. The van der Waals surface area contributed by atoms with Gasteiger partial charge in [0.25, 0.3) is 0 Å². The first-order chi connectivity index (χ1) is 7.72. The van der Waals surface area contributed by atoms with Gasteiger partial charge in [-0.25, -0.2) is 0 Å². The molecular formula is C12H16ClNO2. The third-order valence-electron chi connectivity index (χ3n) is 2.82. The molecule has 0 aromatic heterocycles. The smallest absolute Gasteiger partial charge is 0.144 e. The van der Waals surface area contributed by atoms with Crippen LogP contribution in [0, 0.1) is 6.92 Å². The molecule has 3 nitrogen and oxygen atoms in total. The van der Waals surface area contributed by atoms with Gasteiger partial charge in [-0.3, -0.25) is 0 Å². The summed E-state index contributed by atoms with van der Waals surface area (Å²) in [6.45, 7) is 3.89. The van der Waals surface area contributed by atoms with E-state index in [0.717, 1.165) is 30.8 Å². The first-order valence-corrected chi connectivity index (χ1v) is 5.80. The molecule has 0 radical (unpaired) electrons. The first-order valence-electron chi connectivity index (χ1n) is 5.43. The predicted octanol–water partition coefficient (Wildman–Crippen LogP) is 2.40. The number of halogens is 1. The van der Waals surface area contributed by atoms with Crippen LogP contribution in [0.4, 0.5) is 0 Å². The Labute approximate surface area is 101 Å². The van der Waals surface area contributed by atoms with Gasteiger partial charge in [-0.2, -0.15) is 0 Å². The van der Waals surface area contributed by atoms with Crippen molar-refractivity contribution in [1.29, 1.82) is 0 Å². The maximum atomic E-state index is 6.03. The average Bonchev–Trinajstić information content (AvgIpc) is 2.76. The van der Waals surface area contributed by atoms with Crippen molar-refractivity contribution in [3.63, 3.8) is 0 Å². The molecule has 1 unspecified atom stereocenters. The van der Waals surface area contributed by atoms with Crippen LogP contribution in [-0.4, -0.2) is 26.3 Å². The summed E-state index contributed by atoms with van der Waals surface area (Å²) in [4.78, 5) is 0. The lowest BCUT2D eigenvalue weighted by molar-refractivity contribution is 0.220. The molecule has 1 aromatic rings. The minimum absolute atomic E-state index is 0.254. The Hall–Kier alpha value is -0.930. The molecule has 0 aliphatic carbocycles. The molecule has 1 aliphatic heterocycles. The Morgan fingerprint density at radius 3 is 2.88 bits per heavy atom. The molecule has 0 saturated carbocycles. The summed E-state index contributed by atoms with van der Waals surface area (Å²) in [6, 6.07) is 3.71. The average molecular weight is 242 g/mol. The molecule has 0 bridgehead atoms. The molecule has 1 heterocycles. The Morgan fingerprint density at radius 1 is 1.44 bits per heavy atom. The van der Waals surface area contributed by atoms with Crippen LogP contribution < -0.4 is 14.8 Å². The van der Waals surface area contributed by atoms with Gasteiger partial charge >= 0.3 is 0 Å². The minimum atomic E-state index is 0.254. The normalized spacial score (nSPS) is 19.8. The van der Waals surface area contributed by atoms with E-state index in [9.17, 15) is 0 Å². The van der Waals surface area contributed by atoms with E-state index in [0.29, 0.717) is 10.8 Å². The van der Waals surface area contributed by atoms with E-state index < -0.39 is 0 Å². The highest BCUT2D eigenvalue weighted by atomic mass is 35.5. The second-order valence-electron chi connectivity index (χ2n) is 3.94. The van der Waals surface area contributed by atoms with Crippen LogP contribution in [0.5, 0.6) is 11.5 Å². The zero-order valence-electron chi connectivity index (χ0n) is 9.55. The van der Waals surface area contributed by atoms with Gasteiger partial charge in [0, 0.05) is 12.1 Å². The second kappa shape index (κ2) is 4.93. The number of ether oxygens (including phenoxy) is 2. The first kappa shape index (κ1) is 11.6. The molecule has 1 fully saturated rings. The summed E-state index contributed by atoms with van der Waals surface area (Å²) in [5, 5.41) is 3.89. The van der Waals surface area contributed by atoms with Gasteiger partial charge in [-0.15, -0.1) is 0 Å². The van der Waals surface area contributed by atoms with Crippen molar-refractivity contribution in [3.8, 4) is 11.5 Å². The fraction of sp³-hybridized carbons (Fsp3) is 0.500. The zero-order valence-corrected chi connectivity index (χ0v) is 10.3. The van der Waals surface area contributed by atoms with Gasteiger partial charge in [0.1, 0.15) is 17.6 Å². The summed E-state index contributed by atoms with van der Waals surface area (Å²) in [5.74, 6) is 1.56. The number of hydrogen-bond acceptors (Lipinski definition) is 3. The van der Waals surface area contributed by atoms with E-state index in [1.54, 1.807) is 7.11 Å². The van der Waals surface area contributed by atoms with Crippen molar-refractivity contribution in [2.75, 3.05) is 20.2 Å². The van der Waals surface area contributed by atoms with Gasteiger partial charge < -0.3 is 14.8 Å². The van der Waals surface area contributed by atoms with Gasteiger partial charge in [0.15, 0.2) is 0 Å². The molecule has 1 aromatic carbocycles. The van der Waals surface area contributed by atoms with E-state index in [-0.39, 0.29) is 6.10 Å². The molecule has 1 aliphatic rings. The third kappa shape index (κ3) is 2.25. The molecule has 1 atom stereocenters. The number of benzene rings is 1. The second-order valence-corrected chi connectivity index (χ2v) is 4.34. The van der Waals surface area contributed by atoms with Crippen LogP contribution in [0.25, 0.3) is 0 Å². The van der Waals surface area contributed by atoms with Crippen molar-refractivity contribution in [2.45, 2.75) is 19.4 Å². The molecule has 16 heavy (non-hydrogen) atoms. The zero-order chi connectivity index (χ0) is 11.5. The lowest BCUT2D eigenvalue weighted by Gasteiger charge is -2.17. The summed E-state index contributed by atoms with van der Waals surface area (Å²) < 4.78 is 11.2. The SMILES string of the molecule is COc1c(Cl)ccc(OC2CCNC2)c1C. The molecule has 0 spiro atoms. The molecular weight excluding hydrogens is 226 g/mol. The number of hydrogen-bond donors (Lipinski definition) is 1. The topological polar surface area (TPSA) is 30.5 Å². The van der Waals surface area contributed by atoms with E-state index in [1.165, 1.54) is 0 Å². The molecule has 1 saturated heterocycles. The van der Waals surface area contributed by atoms with Crippen molar-refractivity contribution >= 4 is 11.6 Å². The van der Waals surface area contributed by atoms with Gasteiger partial charge in [-0.05, 0) is 32.0 Å². The van der Waals surface area contributed by atoms with Crippen molar-refractivity contribution < 1.29 is 9.47 Å². The Morgan fingerprint density at radius 2 is 2.25 bits per heavy atom. The van der Waals surface area contributed by atoms with Gasteiger partial charge in [-0.1, -0.05) is 11.6 Å². The molecule has 88 valence electrons. The lowest BCUT2D eigenvalue weighted by atomic mass is 10.2. The van der Waals surface area contributed by atoms with Crippen LogP contribution >= 0.6 is 11.6 Å². The quantitative estimate of drug-likeness (QED) is 0.882. The third-order valence-corrected chi connectivity index (χ3v) is 3.12. The minimum Gasteiger partial charge on any atom is -0.495 e. The largest absolute Gasteiger partial charge is 0.495 e. The fourth-order valence-electron chi connectivity index (χ4n) is 1.93. The van der Waals surface area contributed by atoms with E-state index in [2.05, 4.69) is 5.32 Å². The summed E-state index contributed by atoms with van der Waals surface area (Å²) >= 11 is 6.03. The lowest BCUT2D eigenvalue weighted by Crippen LogP contribution is -2.20. The molecule has 2 rings (SSSR count). The van der Waals surface area contributed by atoms with Crippen LogP contribution in [0.2, 0.25) is 5.02 Å². The fourth-order valence-corrected chi connectivity index (χ4v) is 2.21. The van der Waals surface area contributed by atoms with Crippen molar-refractivity contribution in [2.24, 2.45) is 0 Å². The summed E-state index contributed by atoms with van der Waals surface area (Å²) in [5.41, 5.74) is 0.960. The molecule has 4 heteroatoms. The maximum Gasteiger partial charge on any atom is 0.144 e.